The van der Waals surface area contributed by atoms with Gasteiger partial charge in [0.1, 0.15) is 0 Å². The van der Waals surface area contributed by atoms with E-state index in [9.17, 15) is 14.4 Å². The predicted molar refractivity (Wildman–Crippen MR) is 136 cm³/mol. The van der Waals surface area contributed by atoms with E-state index in [-0.39, 0.29) is 23.6 Å². The second-order valence-electron chi connectivity index (χ2n) is 9.60. The Labute approximate surface area is 206 Å². The number of aryl methyl sites for hydroxylation is 1. The highest BCUT2D eigenvalue weighted by Crippen LogP contribution is 2.25. The van der Waals surface area contributed by atoms with E-state index in [2.05, 4.69) is 0 Å². The molecule has 6 nitrogen and oxygen atoms in total. The standard InChI is InChI=1S/C29H31N3O3/c1-21-11-13-23(14-12-21)27(33)30-16-18-31(19-17-30)28(34)24-8-5-15-32(20-24)29(35)26-10-4-7-22-6-2-3-9-25(22)26/h2-4,6-7,9-14,24H,5,8,15-20H2,1H3. The molecular formula is C29H31N3O3. The fraction of sp³-hybridized carbons (Fsp3) is 0.345. The quantitative estimate of drug-likeness (QED) is 0.583. The molecule has 2 aliphatic heterocycles. The Hall–Kier alpha value is -3.67. The highest BCUT2D eigenvalue weighted by molar-refractivity contribution is 6.07. The number of fused-ring (bicyclic) bond motifs is 1. The molecule has 3 aromatic carbocycles. The molecule has 0 spiro atoms. The Morgan fingerprint density at radius 3 is 2.17 bits per heavy atom. The normalized spacial score (nSPS) is 18.5. The molecule has 0 aromatic heterocycles. The van der Waals surface area contributed by atoms with Crippen molar-refractivity contribution in [3.8, 4) is 0 Å². The maximum Gasteiger partial charge on any atom is 0.254 e. The number of hydrogen-bond acceptors (Lipinski definition) is 3. The fourth-order valence-corrected chi connectivity index (χ4v) is 5.21. The van der Waals surface area contributed by atoms with E-state index in [1.807, 2.05) is 88.4 Å². The molecule has 180 valence electrons. The minimum atomic E-state index is -0.193. The van der Waals surface area contributed by atoms with Crippen molar-refractivity contribution in [3.63, 3.8) is 0 Å². The van der Waals surface area contributed by atoms with Crippen molar-refractivity contribution in [1.29, 1.82) is 0 Å². The molecule has 3 aromatic rings. The molecule has 0 bridgehead atoms. The van der Waals surface area contributed by atoms with E-state index in [0.717, 1.165) is 29.2 Å². The number of nitrogens with zero attached hydrogens (tertiary/aromatic N) is 3. The van der Waals surface area contributed by atoms with E-state index in [1.54, 1.807) is 0 Å². The third kappa shape index (κ3) is 4.78. The molecule has 1 unspecified atom stereocenters. The van der Waals surface area contributed by atoms with Crippen LogP contribution in [-0.4, -0.2) is 71.7 Å². The number of rotatable bonds is 3. The van der Waals surface area contributed by atoms with Gasteiger partial charge in [-0.2, -0.15) is 0 Å². The molecule has 0 aliphatic carbocycles. The summed E-state index contributed by atoms with van der Waals surface area (Å²) in [5.74, 6) is -0.0840. The van der Waals surface area contributed by atoms with Crippen LogP contribution in [0.4, 0.5) is 0 Å². The molecule has 2 fully saturated rings. The summed E-state index contributed by atoms with van der Waals surface area (Å²) in [7, 11) is 0. The Morgan fingerprint density at radius 1 is 0.714 bits per heavy atom. The lowest BCUT2D eigenvalue weighted by molar-refractivity contribution is -0.138. The molecule has 5 rings (SSSR count). The van der Waals surface area contributed by atoms with Crippen molar-refractivity contribution in [2.24, 2.45) is 5.92 Å². The number of hydrogen-bond donors (Lipinski definition) is 0. The van der Waals surface area contributed by atoms with Crippen molar-refractivity contribution in [3.05, 3.63) is 83.4 Å². The van der Waals surface area contributed by atoms with E-state index < -0.39 is 0 Å². The van der Waals surface area contributed by atoms with Crippen molar-refractivity contribution in [2.45, 2.75) is 19.8 Å². The van der Waals surface area contributed by atoms with Crippen LogP contribution in [0.15, 0.2) is 66.7 Å². The van der Waals surface area contributed by atoms with Gasteiger partial charge in [0.25, 0.3) is 11.8 Å². The Kier molecular flexibility index (Phi) is 6.53. The topological polar surface area (TPSA) is 60.9 Å². The van der Waals surface area contributed by atoms with E-state index in [0.29, 0.717) is 50.4 Å². The van der Waals surface area contributed by atoms with E-state index in [1.165, 1.54) is 0 Å². The van der Waals surface area contributed by atoms with Gasteiger partial charge < -0.3 is 14.7 Å². The number of carbonyl (C=O) groups excluding carboxylic acids is 3. The number of carbonyl (C=O) groups is 3. The highest BCUT2D eigenvalue weighted by Gasteiger charge is 2.34. The Morgan fingerprint density at radius 2 is 1.40 bits per heavy atom. The smallest absolute Gasteiger partial charge is 0.254 e. The number of piperidine rings is 1. The van der Waals surface area contributed by atoms with Gasteiger partial charge in [0.15, 0.2) is 0 Å². The van der Waals surface area contributed by atoms with Gasteiger partial charge in [-0.25, -0.2) is 0 Å². The number of amides is 3. The van der Waals surface area contributed by atoms with Crippen molar-refractivity contribution < 1.29 is 14.4 Å². The second-order valence-corrected chi connectivity index (χ2v) is 9.60. The molecule has 0 saturated carbocycles. The summed E-state index contributed by atoms with van der Waals surface area (Å²) >= 11 is 0. The summed E-state index contributed by atoms with van der Waals surface area (Å²) in [6, 6.07) is 21.3. The third-order valence-corrected chi connectivity index (χ3v) is 7.25. The van der Waals surface area contributed by atoms with Crippen LogP contribution >= 0.6 is 0 Å². The van der Waals surface area contributed by atoms with E-state index in [4.69, 9.17) is 0 Å². The number of piperazine rings is 1. The van der Waals surface area contributed by atoms with Gasteiger partial charge >= 0.3 is 0 Å². The van der Waals surface area contributed by atoms with Crippen LogP contribution < -0.4 is 0 Å². The van der Waals surface area contributed by atoms with Crippen molar-refractivity contribution in [1.82, 2.24) is 14.7 Å². The van der Waals surface area contributed by atoms with Gasteiger partial charge in [-0.15, -0.1) is 0 Å². The number of benzene rings is 3. The molecule has 2 saturated heterocycles. The summed E-state index contributed by atoms with van der Waals surface area (Å²) in [6.07, 6.45) is 1.61. The maximum absolute atomic E-state index is 13.4. The molecular weight excluding hydrogens is 438 g/mol. The zero-order chi connectivity index (χ0) is 24.4. The van der Waals surface area contributed by atoms with Crippen LogP contribution in [0.1, 0.15) is 39.1 Å². The molecule has 35 heavy (non-hydrogen) atoms. The Bertz CT molecular complexity index is 1240. The first-order valence-corrected chi connectivity index (χ1v) is 12.4. The van der Waals surface area contributed by atoms with Crippen LogP contribution in [0, 0.1) is 12.8 Å². The van der Waals surface area contributed by atoms with Gasteiger partial charge in [-0.3, -0.25) is 14.4 Å². The largest absolute Gasteiger partial charge is 0.339 e. The van der Waals surface area contributed by atoms with Crippen molar-refractivity contribution in [2.75, 3.05) is 39.3 Å². The van der Waals surface area contributed by atoms with Crippen molar-refractivity contribution >= 4 is 28.5 Å². The van der Waals surface area contributed by atoms with Crippen LogP contribution in [0.5, 0.6) is 0 Å². The minimum absolute atomic E-state index is 0.00665. The molecule has 3 amide bonds. The van der Waals surface area contributed by atoms with Gasteiger partial charge in [-0.1, -0.05) is 54.1 Å². The first-order valence-electron chi connectivity index (χ1n) is 12.4. The van der Waals surface area contributed by atoms with Gasteiger partial charge in [0, 0.05) is 50.4 Å². The summed E-state index contributed by atoms with van der Waals surface area (Å²) in [5.41, 5.74) is 2.50. The summed E-state index contributed by atoms with van der Waals surface area (Å²) in [6.45, 7) is 5.25. The van der Waals surface area contributed by atoms with Gasteiger partial charge in [-0.05, 0) is 48.7 Å². The second kappa shape index (κ2) is 9.90. The Balaban J connectivity index is 1.21. The summed E-state index contributed by atoms with van der Waals surface area (Å²) in [5, 5.41) is 1.99. The van der Waals surface area contributed by atoms with Crippen LogP contribution in [0.2, 0.25) is 0 Å². The molecule has 2 aliphatic rings. The minimum Gasteiger partial charge on any atom is -0.339 e. The highest BCUT2D eigenvalue weighted by atomic mass is 16.2. The lowest BCUT2D eigenvalue weighted by Crippen LogP contribution is -2.54. The monoisotopic (exact) mass is 469 g/mol. The lowest BCUT2D eigenvalue weighted by Gasteiger charge is -2.39. The fourth-order valence-electron chi connectivity index (χ4n) is 5.21. The first-order chi connectivity index (χ1) is 17.0. The lowest BCUT2D eigenvalue weighted by atomic mass is 9.95. The molecule has 6 heteroatoms. The van der Waals surface area contributed by atoms with E-state index >= 15 is 0 Å². The van der Waals surface area contributed by atoms with Crippen LogP contribution in [0.25, 0.3) is 10.8 Å². The average Bonchev–Trinajstić information content (AvgIpc) is 2.92. The predicted octanol–water partition coefficient (Wildman–Crippen LogP) is 3.99. The average molecular weight is 470 g/mol. The maximum atomic E-state index is 13.4. The van der Waals surface area contributed by atoms with Crippen LogP contribution in [0.3, 0.4) is 0 Å². The summed E-state index contributed by atoms with van der Waals surface area (Å²) < 4.78 is 0. The summed E-state index contributed by atoms with van der Waals surface area (Å²) in [4.78, 5) is 45.1. The first kappa shape index (κ1) is 23.1. The SMILES string of the molecule is Cc1ccc(C(=O)N2CCN(C(=O)C3CCCN(C(=O)c4cccc5ccccc45)C3)CC2)cc1. The molecule has 0 N–H and O–H groups in total. The zero-order valence-corrected chi connectivity index (χ0v) is 20.2. The third-order valence-electron chi connectivity index (χ3n) is 7.25. The van der Waals surface area contributed by atoms with Gasteiger partial charge in [0.05, 0.1) is 5.92 Å². The molecule has 0 radical (unpaired) electrons. The molecule has 1 atom stereocenters. The zero-order valence-electron chi connectivity index (χ0n) is 20.2. The van der Waals surface area contributed by atoms with Crippen LogP contribution in [-0.2, 0) is 4.79 Å². The molecule has 2 heterocycles. The van der Waals surface area contributed by atoms with Gasteiger partial charge in [0.2, 0.25) is 5.91 Å². The number of likely N-dealkylation sites (tertiary alicyclic amines) is 1.